The molecule has 6 heteroatoms. The summed E-state index contributed by atoms with van der Waals surface area (Å²) in [5, 5.41) is 0. The van der Waals surface area contributed by atoms with Crippen LogP contribution < -0.4 is 4.90 Å². The van der Waals surface area contributed by atoms with Crippen LogP contribution in [0.4, 0.5) is 19.0 Å². The second-order valence-electron chi connectivity index (χ2n) is 4.45. The van der Waals surface area contributed by atoms with Gasteiger partial charge in [-0.2, -0.15) is 13.2 Å². The molecule has 0 radical (unpaired) electrons. The highest BCUT2D eigenvalue weighted by atomic mass is 19.4. The SMILES string of the molecule is Cc1cc(C=O)cnc1N1CC=C(C(F)(F)F)CC1. The van der Waals surface area contributed by atoms with Gasteiger partial charge in [-0.3, -0.25) is 4.79 Å². The van der Waals surface area contributed by atoms with E-state index in [0.717, 1.165) is 5.56 Å². The van der Waals surface area contributed by atoms with Gasteiger partial charge >= 0.3 is 6.18 Å². The lowest BCUT2D eigenvalue weighted by Crippen LogP contribution is -2.32. The molecule has 0 amide bonds. The number of aromatic nitrogens is 1. The van der Waals surface area contributed by atoms with Crippen molar-refractivity contribution >= 4 is 12.1 Å². The predicted octanol–water partition coefficient (Wildman–Crippen LogP) is 2.90. The Balaban J connectivity index is 2.18. The lowest BCUT2D eigenvalue weighted by atomic mass is 10.1. The third-order valence-electron chi connectivity index (χ3n) is 3.08. The monoisotopic (exact) mass is 270 g/mol. The van der Waals surface area contributed by atoms with Gasteiger partial charge in [0.05, 0.1) is 0 Å². The molecule has 0 saturated heterocycles. The van der Waals surface area contributed by atoms with E-state index in [2.05, 4.69) is 4.98 Å². The van der Waals surface area contributed by atoms with E-state index < -0.39 is 11.7 Å². The molecule has 1 aliphatic heterocycles. The van der Waals surface area contributed by atoms with Gasteiger partial charge in [0.25, 0.3) is 0 Å². The normalized spacial score (nSPS) is 16.2. The molecule has 1 aromatic rings. The first-order valence-electron chi connectivity index (χ1n) is 5.85. The van der Waals surface area contributed by atoms with E-state index in [4.69, 9.17) is 0 Å². The third-order valence-corrected chi connectivity index (χ3v) is 3.08. The Kier molecular flexibility index (Phi) is 3.59. The van der Waals surface area contributed by atoms with Crippen LogP contribution in [-0.2, 0) is 0 Å². The molecule has 3 nitrogen and oxygen atoms in total. The van der Waals surface area contributed by atoms with E-state index in [9.17, 15) is 18.0 Å². The maximum atomic E-state index is 12.5. The number of nitrogens with zero attached hydrogens (tertiary/aromatic N) is 2. The van der Waals surface area contributed by atoms with Crippen LogP contribution in [0.25, 0.3) is 0 Å². The van der Waals surface area contributed by atoms with Crippen LogP contribution in [-0.4, -0.2) is 30.5 Å². The van der Waals surface area contributed by atoms with E-state index in [0.29, 0.717) is 17.7 Å². The van der Waals surface area contributed by atoms with E-state index in [-0.39, 0.29) is 19.5 Å². The minimum absolute atomic E-state index is 0.0416. The lowest BCUT2D eigenvalue weighted by molar-refractivity contribution is -0.0944. The number of pyridine rings is 1. The summed E-state index contributed by atoms with van der Waals surface area (Å²) in [7, 11) is 0. The Labute approximate surface area is 108 Å². The van der Waals surface area contributed by atoms with Gasteiger partial charge in [-0.05, 0) is 25.0 Å². The first-order chi connectivity index (χ1) is 8.91. The maximum Gasteiger partial charge on any atom is 0.412 e. The molecule has 0 N–H and O–H groups in total. The minimum atomic E-state index is -4.24. The highest BCUT2D eigenvalue weighted by Crippen LogP contribution is 2.31. The van der Waals surface area contributed by atoms with Gasteiger partial charge in [0, 0.05) is 30.4 Å². The molecule has 0 saturated carbocycles. The summed E-state index contributed by atoms with van der Waals surface area (Å²) >= 11 is 0. The van der Waals surface area contributed by atoms with Gasteiger partial charge in [-0.25, -0.2) is 4.98 Å². The smallest absolute Gasteiger partial charge is 0.352 e. The summed E-state index contributed by atoms with van der Waals surface area (Å²) in [5.74, 6) is 0.628. The lowest BCUT2D eigenvalue weighted by Gasteiger charge is -2.29. The molecule has 1 aromatic heterocycles. The predicted molar refractivity (Wildman–Crippen MR) is 65.3 cm³/mol. The van der Waals surface area contributed by atoms with Crippen molar-refractivity contribution in [3.8, 4) is 0 Å². The number of anilines is 1. The average molecular weight is 270 g/mol. The molecular weight excluding hydrogens is 257 g/mol. The van der Waals surface area contributed by atoms with Crippen LogP contribution in [0, 0.1) is 6.92 Å². The molecule has 0 fully saturated rings. The molecule has 0 unspecified atom stereocenters. The maximum absolute atomic E-state index is 12.5. The van der Waals surface area contributed by atoms with Crippen molar-refractivity contribution in [2.24, 2.45) is 0 Å². The molecule has 0 aromatic carbocycles. The second-order valence-corrected chi connectivity index (χ2v) is 4.45. The zero-order valence-electron chi connectivity index (χ0n) is 10.4. The zero-order chi connectivity index (χ0) is 14.0. The zero-order valence-corrected chi connectivity index (χ0v) is 10.4. The van der Waals surface area contributed by atoms with E-state index in [1.54, 1.807) is 17.9 Å². The van der Waals surface area contributed by atoms with Crippen molar-refractivity contribution in [3.63, 3.8) is 0 Å². The van der Waals surface area contributed by atoms with Crippen LogP contribution in [0.15, 0.2) is 23.9 Å². The molecule has 0 spiro atoms. The van der Waals surface area contributed by atoms with Crippen molar-refractivity contribution in [2.75, 3.05) is 18.0 Å². The summed E-state index contributed by atoms with van der Waals surface area (Å²) in [6.45, 7) is 2.25. The molecule has 19 heavy (non-hydrogen) atoms. The van der Waals surface area contributed by atoms with Crippen LogP contribution >= 0.6 is 0 Å². The van der Waals surface area contributed by atoms with Crippen molar-refractivity contribution in [2.45, 2.75) is 19.5 Å². The Morgan fingerprint density at radius 3 is 2.63 bits per heavy atom. The van der Waals surface area contributed by atoms with Crippen LogP contribution in [0.2, 0.25) is 0 Å². The van der Waals surface area contributed by atoms with E-state index in [1.165, 1.54) is 12.3 Å². The second kappa shape index (κ2) is 5.03. The molecule has 0 atom stereocenters. The number of hydrogen-bond acceptors (Lipinski definition) is 3. The number of aryl methyl sites for hydroxylation is 1. The van der Waals surface area contributed by atoms with Crippen LogP contribution in [0.5, 0.6) is 0 Å². The fourth-order valence-electron chi connectivity index (χ4n) is 2.10. The summed E-state index contributed by atoms with van der Waals surface area (Å²) in [5.41, 5.74) is 0.768. The molecule has 0 bridgehead atoms. The van der Waals surface area contributed by atoms with Crippen LogP contribution in [0.3, 0.4) is 0 Å². The molecule has 102 valence electrons. The van der Waals surface area contributed by atoms with Gasteiger partial charge in [0.2, 0.25) is 0 Å². The Morgan fingerprint density at radius 1 is 1.42 bits per heavy atom. The van der Waals surface area contributed by atoms with E-state index >= 15 is 0 Å². The fourth-order valence-corrected chi connectivity index (χ4v) is 2.10. The highest BCUT2D eigenvalue weighted by Gasteiger charge is 2.35. The molecular formula is C13H13F3N2O. The van der Waals surface area contributed by atoms with Gasteiger partial charge in [0.15, 0.2) is 6.29 Å². The average Bonchev–Trinajstić information content (AvgIpc) is 2.37. The fraction of sp³-hybridized carbons (Fsp3) is 0.385. The molecule has 2 heterocycles. The third kappa shape index (κ3) is 2.94. The first-order valence-corrected chi connectivity index (χ1v) is 5.85. The summed E-state index contributed by atoms with van der Waals surface area (Å²) in [4.78, 5) is 16.5. The first kappa shape index (κ1) is 13.6. The van der Waals surface area contributed by atoms with Crippen molar-refractivity contribution in [1.29, 1.82) is 0 Å². The van der Waals surface area contributed by atoms with Crippen molar-refractivity contribution in [1.82, 2.24) is 4.98 Å². The standard InChI is InChI=1S/C13H13F3N2O/c1-9-6-10(8-19)7-17-12(9)18-4-2-11(3-5-18)13(14,15)16/h2,6-8H,3-5H2,1H3. The molecule has 0 aliphatic carbocycles. The summed E-state index contributed by atoms with van der Waals surface area (Å²) < 4.78 is 37.5. The Hall–Kier alpha value is -1.85. The number of carbonyl (C=O) groups is 1. The largest absolute Gasteiger partial charge is 0.412 e. The Morgan fingerprint density at radius 2 is 2.16 bits per heavy atom. The number of hydrogen-bond donors (Lipinski definition) is 0. The number of aldehydes is 1. The topological polar surface area (TPSA) is 33.2 Å². The number of rotatable bonds is 2. The quantitative estimate of drug-likeness (QED) is 0.612. The van der Waals surface area contributed by atoms with Crippen molar-refractivity contribution < 1.29 is 18.0 Å². The molecule has 1 aliphatic rings. The number of carbonyl (C=O) groups excluding carboxylic acids is 1. The minimum Gasteiger partial charge on any atom is -0.352 e. The van der Waals surface area contributed by atoms with Gasteiger partial charge < -0.3 is 4.90 Å². The van der Waals surface area contributed by atoms with Crippen LogP contribution in [0.1, 0.15) is 22.3 Å². The van der Waals surface area contributed by atoms with Crippen molar-refractivity contribution in [3.05, 3.63) is 35.0 Å². The summed E-state index contributed by atoms with van der Waals surface area (Å²) in [6, 6.07) is 1.68. The van der Waals surface area contributed by atoms with Gasteiger partial charge in [-0.15, -0.1) is 0 Å². The van der Waals surface area contributed by atoms with E-state index in [1.807, 2.05) is 0 Å². The highest BCUT2D eigenvalue weighted by molar-refractivity contribution is 5.75. The summed E-state index contributed by atoms with van der Waals surface area (Å²) in [6.07, 6.45) is -0.964. The Bertz CT molecular complexity index is 523. The number of alkyl halides is 3. The van der Waals surface area contributed by atoms with Gasteiger partial charge in [-0.1, -0.05) is 6.08 Å². The molecule has 2 rings (SSSR count). The number of halogens is 3. The van der Waals surface area contributed by atoms with Gasteiger partial charge in [0.1, 0.15) is 5.82 Å².